The van der Waals surface area contributed by atoms with Crippen molar-refractivity contribution in [1.82, 2.24) is 0 Å². The van der Waals surface area contributed by atoms with Gasteiger partial charge in [-0.2, -0.15) is 0 Å². The van der Waals surface area contributed by atoms with Crippen molar-refractivity contribution < 1.29 is 19.8 Å². The lowest BCUT2D eigenvalue weighted by Crippen LogP contribution is -2.34. The molecule has 25 heavy (non-hydrogen) atoms. The number of carboxylic acid groups (broad SMARTS) is 2. The molecule has 0 amide bonds. The third-order valence-corrected chi connectivity index (χ3v) is 4.81. The molecule has 1 aliphatic carbocycles. The number of carbonyl (C=O) groups is 2. The fraction of sp³-hybridized carbons (Fsp3) is 0.556. The lowest BCUT2D eigenvalue weighted by Gasteiger charge is -2.34. The third kappa shape index (κ3) is 7.86. The molecule has 0 aromatic heterocycles. The Hall–Kier alpha value is -1.63. The molecule has 0 aliphatic heterocycles. The molecule has 6 N–H and O–H groups in total. The highest BCUT2D eigenvalue weighted by atomic mass is 35.5. The fourth-order valence-electron chi connectivity index (χ4n) is 3.04. The van der Waals surface area contributed by atoms with E-state index in [1.54, 1.807) is 24.3 Å². The van der Waals surface area contributed by atoms with Gasteiger partial charge in [0, 0.05) is 5.02 Å². The zero-order valence-corrected chi connectivity index (χ0v) is 15.0. The maximum Gasteiger partial charge on any atom is 0.320 e. The van der Waals surface area contributed by atoms with Crippen LogP contribution in [0.15, 0.2) is 24.3 Å². The zero-order chi connectivity index (χ0) is 18.9. The molecule has 1 aromatic carbocycles. The maximum absolute atomic E-state index is 10.6. The Morgan fingerprint density at radius 2 is 1.68 bits per heavy atom. The quantitative estimate of drug-likeness (QED) is 0.609. The SMILES string of the molecule is NCC1(CC(=O)O)CCCCC1.N[C@@H](Cc1ccc(Cl)cc1)C(=O)O. The molecule has 6 nitrogen and oxygen atoms in total. The summed E-state index contributed by atoms with van der Waals surface area (Å²) in [4.78, 5) is 21.0. The molecule has 1 atom stereocenters. The summed E-state index contributed by atoms with van der Waals surface area (Å²) >= 11 is 5.66. The summed E-state index contributed by atoms with van der Waals surface area (Å²) in [6, 6.07) is 6.12. The van der Waals surface area contributed by atoms with E-state index in [4.69, 9.17) is 33.3 Å². The van der Waals surface area contributed by atoms with Crippen LogP contribution in [-0.2, 0) is 16.0 Å². The summed E-state index contributed by atoms with van der Waals surface area (Å²) in [5, 5.41) is 17.9. The minimum atomic E-state index is -0.991. The molecule has 1 aromatic rings. The summed E-state index contributed by atoms with van der Waals surface area (Å²) in [6.45, 7) is 0.527. The number of benzene rings is 1. The van der Waals surface area contributed by atoms with Crippen LogP contribution in [0.25, 0.3) is 0 Å². The van der Waals surface area contributed by atoms with Gasteiger partial charge in [0.05, 0.1) is 6.42 Å². The fourth-order valence-corrected chi connectivity index (χ4v) is 3.16. The van der Waals surface area contributed by atoms with Crippen LogP contribution in [0.2, 0.25) is 5.02 Å². The van der Waals surface area contributed by atoms with Crippen molar-refractivity contribution in [2.75, 3.05) is 6.54 Å². The van der Waals surface area contributed by atoms with Gasteiger partial charge in [-0.05, 0) is 48.9 Å². The average Bonchev–Trinajstić information content (AvgIpc) is 2.57. The van der Waals surface area contributed by atoms with Crippen molar-refractivity contribution in [3.8, 4) is 0 Å². The Morgan fingerprint density at radius 3 is 2.12 bits per heavy atom. The molecule has 0 unspecified atom stereocenters. The van der Waals surface area contributed by atoms with Crippen molar-refractivity contribution in [3.05, 3.63) is 34.9 Å². The lowest BCUT2D eigenvalue weighted by atomic mass is 9.72. The average molecular weight is 371 g/mol. The van der Waals surface area contributed by atoms with Crippen molar-refractivity contribution in [2.24, 2.45) is 16.9 Å². The second-order valence-corrected chi connectivity index (χ2v) is 7.05. The highest BCUT2D eigenvalue weighted by molar-refractivity contribution is 6.30. The molecule has 0 saturated heterocycles. The van der Waals surface area contributed by atoms with Crippen molar-refractivity contribution >= 4 is 23.5 Å². The van der Waals surface area contributed by atoms with Crippen molar-refractivity contribution in [1.29, 1.82) is 0 Å². The predicted octanol–water partition coefficient (Wildman–Crippen LogP) is 2.66. The standard InChI is InChI=1S/C9H10ClNO2.C9H17NO2/c10-7-3-1-6(2-4-7)5-8(11)9(12)13;10-7-9(6-8(11)12)4-2-1-3-5-9/h1-4,8H,5,11H2,(H,12,13);1-7,10H2,(H,11,12)/t8-;/m0./s1. The van der Waals surface area contributed by atoms with E-state index >= 15 is 0 Å². The van der Waals surface area contributed by atoms with Gasteiger partial charge in [0.2, 0.25) is 0 Å². The van der Waals surface area contributed by atoms with Crippen LogP contribution in [0, 0.1) is 5.41 Å². The van der Waals surface area contributed by atoms with Gasteiger partial charge in [-0.1, -0.05) is 43.0 Å². The van der Waals surface area contributed by atoms with E-state index in [9.17, 15) is 9.59 Å². The number of halogens is 1. The minimum absolute atomic E-state index is 0.0793. The van der Waals surface area contributed by atoms with Gasteiger partial charge in [-0.25, -0.2) is 0 Å². The molecule has 0 bridgehead atoms. The lowest BCUT2D eigenvalue weighted by molar-refractivity contribution is -0.140. The van der Waals surface area contributed by atoms with Crippen LogP contribution in [0.4, 0.5) is 0 Å². The zero-order valence-electron chi connectivity index (χ0n) is 14.3. The number of carboxylic acids is 2. The van der Waals surface area contributed by atoms with E-state index in [1.165, 1.54) is 6.42 Å². The van der Waals surface area contributed by atoms with Gasteiger partial charge in [-0.3, -0.25) is 9.59 Å². The molecule has 0 spiro atoms. The molecule has 1 aliphatic rings. The number of nitrogens with two attached hydrogens (primary N) is 2. The molecule has 0 radical (unpaired) electrons. The van der Waals surface area contributed by atoms with Crippen LogP contribution in [0.1, 0.15) is 44.1 Å². The van der Waals surface area contributed by atoms with E-state index in [0.717, 1.165) is 31.2 Å². The van der Waals surface area contributed by atoms with Gasteiger partial charge in [-0.15, -0.1) is 0 Å². The van der Waals surface area contributed by atoms with E-state index in [-0.39, 0.29) is 11.8 Å². The summed E-state index contributed by atoms with van der Waals surface area (Å²) in [5.74, 6) is -1.70. The Labute approximate surface area is 153 Å². The normalized spacial score (nSPS) is 17.1. The topological polar surface area (TPSA) is 127 Å². The Balaban J connectivity index is 0.000000251. The van der Waals surface area contributed by atoms with E-state index in [2.05, 4.69) is 0 Å². The first kappa shape index (κ1) is 21.4. The van der Waals surface area contributed by atoms with Crippen LogP contribution in [0.3, 0.4) is 0 Å². The monoisotopic (exact) mass is 370 g/mol. The second-order valence-electron chi connectivity index (χ2n) is 6.61. The maximum atomic E-state index is 10.6. The first-order chi connectivity index (χ1) is 11.8. The van der Waals surface area contributed by atoms with E-state index in [1.807, 2.05) is 0 Å². The molecule has 2 rings (SSSR count). The molecule has 0 heterocycles. The van der Waals surface area contributed by atoms with Crippen molar-refractivity contribution in [3.63, 3.8) is 0 Å². The van der Waals surface area contributed by atoms with Crippen molar-refractivity contribution in [2.45, 2.75) is 51.0 Å². The van der Waals surface area contributed by atoms with Crippen LogP contribution in [0.5, 0.6) is 0 Å². The number of hydrogen-bond donors (Lipinski definition) is 4. The van der Waals surface area contributed by atoms with E-state index < -0.39 is 18.0 Å². The molecular formula is C18H27ClN2O4. The Morgan fingerprint density at radius 1 is 1.12 bits per heavy atom. The predicted molar refractivity (Wildman–Crippen MR) is 97.6 cm³/mol. The minimum Gasteiger partial charge on any atom is -0.481 e. The summed E-state index contributed by atoms with van der Waals surface area (Å²) in [7, 11) is 0. The van der Waals surface area contributed by atoms with Crippen LogP contribution < -0.4 is 11.5 Å². The third-order valence-electron chi connectivity index (χ3n) is 4.56. The molecule has 7 heteroatoms. The van der Waals surface area contributed by atoms with Gasteiger partial charge >= 0.3 is 11.9 Å². The first-order valence-corrected chi connectivity index (χ1v) is 8.80. The largest absolute Gasteiger partial charge is 0.481 e. The summed E-state index contributed by atoms with van der Waals surface area (Å²) < 4.78 is 0. The van der Waals surface area contributed by atoms with Gasteiger partial charge in [0.15, 0.2) is 0 Å². The number of rotatable bonds is 6. The highest BCUT2D eigenvalue weighted by Gasteiger charge is 2.32. The first-order valence-electron chi connectivity index (χ1n) is 8.43. The summed E-state index contributed by atoms with van der Waals surface area (Å²) in [6.07, 6.45) is 6.10. The Bertz CT molecular complexity index is 557. The number of aliphatic carboxylic acids is 2. The van der Waals surface area contributed by atoms with Gasteiger partial charge in [0.25, 0.3) is 0 Å². The second kappa shape index (κ2) is 10.4. The Kier molecular flexibility index (Phi) is 8.89. The van der Waals surface area contributed by atoms with Crippen LogP contribution >= 0.6 is 11.6 Å². The van der Waals surface area contributed by atoms with Gasteiger partial charge in [0.1, 0.15) is 6.04 Å². The van der Waals surface area contributed by atoms with E-state index in [0.29, 0.717) is 18.0 Å². The molecular weight excluding hydrogens is 344 g/mol. The van der Waals surface area contributed by atoms with Gasteiger partial charge < -0.3 is 21.7 Å². The molecule has 140 valence electrons. The summed E-state index contributed by atoms with van der Waals surface area (Å²) in [5.41, 5.74) is 11.8. The van der Waals surface area contributed by atoms with Crippen LogP contribution in [-0.4, -0.2) is 34.7 Å². The number of hydrogen-bond acceptors (Lipinski definition) is 4. The highest BCUT2D eigenvalue weighted by Crippen LogP contribution is 2.38. The molecule has 1 fully saturated rings. The smallest absolute Gasteiger partial charge is 0.320 e. The molecule has 1 saturated carbocycles.